The van der Waals surface area contributed by atoms with Crippen molar-refractivity contribution in [3.63, 3.8) is 0 Å². The van der Waals surface area contributed by atoms with Gasteiger partial charge in [-0.1, -0.05) is 6.42 Å². The Morgan fingerprint density at radius 1 is 0.889 bits per heavy atom. The molecule has 0 radical (unpaired) electrons. The van der Waals surface area contributed by atoms with Gasteiger partial charge in [0, 0.05) is 25.2 Å². The fourth-order valence-corrected chi connectivity index (χ4v) is 4.36. The van der Waals surface area contributed by atoms with Crippen molar-refractivity contribution >= 4 is 6.41 Å². The Bertz CT molecular complexity index is 294. The first-order valence-electron chi connectivity index (χ1n) is 7.83. The van der Waals surface area contributed by atoms with Crippen LogP contribution in [0.15, 0.2) is 0 Å². The molecule has 0 saturated carbocycles. The number of hydrogen-bond donors (Lipinski definition) is 0. The zero-order valence-corrected chi connectivity index (χ0v) is 11.4. The Morgan fingerprint density at radius 3 is 2.61 bits per heavy atom. The number of carbonyl (C=O) groups is 1. The highest BCUT2D eigenvalue weighted by atomic mass is 16.1. The van der Waals surface area contributed by atoms with Crippen LogP contribution >= 0.6 is 0 Å². The summed E-state index contributed by atoms with van der Waals surface area (Å²) >= 11 is 0. The van der Waals surface area contributed by atoms with Gasteiger partial charge in [0.1, 0.15) is 0 Å². The summed E-state index contributed by atoms with van der Waals surface area (Å²) in [6.45, 7) is 3.54. The molecular weight excluding hydrogens is 224 g/mol. The molecule has 0 aromatic carbocycles. The number of hydrogen-bond acceptors (Lipinski definition) is 2. The molecule has 3 aliphatic heterocycles. The smallest absolute Gasteiger partial charge is 0.209 e. The van der Waals surface area contributed by atoms with Crippen LogP contribution in [0.2, 0.25) is 0 Å². The van der Waals surface area contributed by atoms with Gasteiger partial charge in [0.2, 0.25) is 6.41 Å². The van der Waals surface area contributed by atoms with E-state index < -0.39 is 0 Å². The van der Waals surface area contributed by atoms with Crippen LogP contribution in [0.4, 0.5) is 0 Å². The van der Waals surface area contributed by atoms with Crippen molar-refractivity contribution in [1.82, 2.24) is 9.80 Å². The molecule has 0 aromatic rings. The van der Waals surface area contributed by atoms with Crippen molar-refractivity contribution in [2.24, 2.45) is 5.92 Å². The molecule has 3 saturated heterocycles. The van der Waals surface area contributed by atoms with E-state index in [1.807, 2.05) is 0 Å². The Balaban J connectivity index is 1.63. The summed E-state index contributed by atoms with van der Waals surface area (Å²) in [6.07, 6.45) is 11.8. The molecule has 102 valence electrons. The van der Waals surface area contributed by atoms with Gasteiger partial charge in [0.05, 0.1) is 0 Å². The summed E-state index contributed by atoms with van der Waals surface area (Å²) in [4.78, 5) is 16.0. The van der Waals surface area contributed by atoms with Crippen molar-refractivity contribution in [2.75, 3.05) is 19.6 Å². The van der Waals surface area contributed by atoms with Gasteiger partial charge in [0.25, 0.3) is 0 Å². The van der Waals surface area contributed by atoms with E-state index in [-0.39, 0.29) is 0 Å². The lowest BCUT2D eigenvalue weighted by Crippen LogP contribution is -2.53. The highest BCUT2D eigenvalue weighted by Crippen LogP contribution is 2.34. The van der Waals surface area contributed by atoms with E-state index in [2.05, 4.69) is 9.80 Å². The lowest BCUT2D eigenvalue weighted by molar-refractivity contribution is -0.123. The first-order valence-corrected chi connectivity index (χ1v) is 7.83. The van der Waals surface area contributed by atoms with E-state index in [1.54, 1.807) is 0 Å². The van der Waals surface area contributed by atoms with Gasteiger partial charge >= 0.3 is 0 Å². The van der Waals surface area contributed by atoms with Crippen LogP contribution < -0.4 is 0 Å². The standard InChI is InChI=1S/C15H26N2O/c18-12-17-10-4-2-6-15(17)13-7-8-14-5-1-3-9-16(14)11-13/h12-15H,1-11H2/t13-,14+,15-/m1/s1. The molecule has 0 unspecified atom stereocenters. The van der Waals surface area contributed by atoms with Gasteiger partial charge in [0.15, 0.2) is 0 Å². The van der Waals surface area contributed by atoms with Crippen LogP contribution in [-0.2, 0) is 4.79 Å². The maximum absolute atomic E-state index is 11.2. The number of rotatable bonds is 2. The quantitative estimate of drug-likeness (QED) is 0.702. The Morgan fingerprint density at radius 2 is 1.72 bits per heavy atom. The van der Waals surface area contributed by atoms with Gasteiger partial charge in [-0.25, -0.2) is 0 Å². The highest BCUT2D eigenvalue weighted by Gasteiger charge is 2.36. The number of piperidine rings is 3. The molecule has 3 aliphatic rings. The van der Waals surface area contributed by atoms with Crippen molar-refractivity contribution < 1.29 is 4.79 Å². The van der Waals surface area contributed by atoms with Gasteiger partial charge in [-0.2, -0.15) is 0 Å². The largest absolute Gasteiger partial charge is 0.342 e. The molecule has 1 amide bonds. The molecule has 3 heterocycles. The first kappa shape index (κ1) is 12.5. The Hall–Kier alpha value is -0.570. The van der Waals surface area contributed by atoms with Crippen LogP contribution in [0, 0.1) is 5.92 Å². The molecule has 3 atom stereocenters. The fourth-order valence-electron chi connectivity index (χ4n) is 4.36. The SMILES string of the molecule is O=CN1CCCC[C@@H]1[C@@H]1CC[C@@H]2CCCCN2C1. The number of carbonyl (C=O) groups excluding carboxylic acids is 1. The molecule has 0 N–H and O–H groups in total. The van der Waals surface area contributed by atoms with Crippen molar-refractivity contribution in [3.05, 3.63) is 0 Å². The molecule has 3 heteroatoms. The maximum atomic E-state index is 11.2. The van der Waals surface area contributed by atoms with E-state index in [4.69, 9.17) is 0 Å². The van der Waals surface area contributed by atoms with E-state index in [0.717, 1.165) is 24.9 Å². The summed E-state index contributed by atoms with van der Waals surface area (Å²) in [5.74, 6) is 0.741. The van der Waals surface area contributed by atoms with Crippen molar-refractivity contribution in [1.29, 1.82) is 0 Å². The lowest BCUT2D eigenvalue weighted by atomic mass is 9.81. The van der Waals surface area contributed by atoms with Crippen LogP contribution in [0.1, 0.15) is 51.4 Å². The number of fused-ring (bicyclic) bond motifs is 1. The van der Waals surface area contributed by atoms with Gasteiger partial charge in [-0.3, -0.25) is 4.79 Å². The molecule has 0 spiro atoms. The molecule has 18 heavy (non-hydrogen) atoms. The van der Waals surface area contributed by atoms with E-state index in [1.165, 1.54) is 64.5 Å². The third kappa shape index (κ3) is 2.42. The number of nitrogens with zero attached hydrogens (tertiary/aromatic N) is 2. The van der Waals surface area contributed by atoms with Crippen LogP contribution in [0.25, 0.3) is 0 Å². The van der Waals surface area contributed by atoms with Crippen LogP contribution in [-0.4, -0.2) is 47.9 Å². The minimum Gasteiger partial charge on any atom is -0.342 e. The van der Waals surface area contributed by atoms with Crippen LogP contribution in [0.5, 0.6) is 0 Å². The Kier molecular flexibility index (Phi) is 3.88. The number of likely N-dealkylation sites (tertiary alicyclic amines) is 1. The monoisotopic (exact) mass is 250 g/mol. The van der Waals surface area contributed by atoms with Crippen molar-refractivity contribution in [3.8, 4) is 0 Å². The predicted octanol–water partition coefficient (Wildman–Crippen LogP) is 2.26. The zero-order valence-electron chi connectivity index (χ0n) is 11.4. The average Bonchev–Trinajstić information content (AvgIpc) is 2.46. The van der Waals surface area contributed by atoms with E-state index in [0.29, 0.717) is 6.04 Å². The molecule has 3 fully saturated rings. The molecule has 0 aromatic heterocycles. The van der Waals surface area contributed by atoms with E-state index >= 15 is 0 Å². The second kappa shape index (κ2) is 5.60. The summed E-state index contributed by atoms with van der Waals surface area (Å²) < 4.78 is 0. The minimum atomic E-state index is 0.541. The molecule has 0 bridgehead atoms. The maximum Gasteiger partial charge on any atom is 0.209 e. The number of amides is 1. The second-order valence-corrected chi connectivity index (χ2v) is 6.39. The molecule has 0 aliphatic carbocycles. The zero-order chi connectivity index (χ0) is 12.4. The summed E-state index contributed by atoms with van der Waals surface area (Å²) in [7, 11) is 0. The van der Waals surface area contributed by atoms with E-state index in [9.17, 15) is 4.79 Å². The lowest BCUT2D eigenvalue weighted by Gasteiger charge is -2.47. The topological polar surface area (TPSA) is 23.6 Å². The highest BCUT2D eigenvalue weighted by molar-refractivity contribution is 5.48. The first-order chi connectivity index (χ1) is 8.88. The van der Waals surface area contributed by atoms with Gasteiger partial charge in [-0.15, -0.1) is 0 Å². The summed E-state index contributed by atoms with van der Waals surface area (Å²) in [6, 6.07) is 1.40. The predicted molar refractivity (Wildman–Crippen MR) is 72.3 cm³/mol. The molecule has 3 rings (SSSR count). The molecular formula is C15H26N2O. The van der Waals surface area contributed by atoms with Gasteiger partial charge < -0.3 is 9.80 Å². The Labute approximate surface area is 111 Å². The average molecular weight is 250 g/mol. The molecule has 3 nitrogen and oxygen atoms in total. The van der Waals surface area contributed by atoms with Gasteiger partial charge in [-0.05, 0) is 57.4 Å². The van der Waals surface area contributed by atoms with Crippen LogP contribution in [0.3, 0.4) is 0 Å². The second-order valence-electron chi connectivity index (χ2n) is 6.39. The third-order valence-corrected chi connectivity index (χ3v) is 5.36. The van der Waals surface area contributed by atoms with Crippen molar-refractivity contribution in [2.45, 2.75) is 63.5 Å². The summed E-state index contributed by atoms with van der Waals surface area (Å²) in [5, 5.41) is 0. The minimum absolute atomic E-state index is 0.541. The summed E-state index contributed by atoms with van der Waals surface area (Å²) in [5.41, 5.74) is 0. The third-order valence-electron chi connectivity index (χ3n) is 5.36. The normalized spacial score (nSPS) is 38.2. The fraction of sp³-hybridized carbons (Fsp3) is 0.933.